The number of hydrogen-bond acceptors (Lipinski definition) is 5. The third-order valence-corrected chi connectivity index (χ3v) is 4.08. The number of halogens is 4. The van der Waals surface area contributed by atoms with Gasteiger partial charge in [-0.2, -0.15) is 18.2 Å². The molecule has 2 aromatic rings. The number of nitrogens with zero attached hydrogens (tertiary/aromatic N) is 2. The van der Waals surface area contributed by atoms with Crippen LogP contribution in [0.2, 0.25) is 0 Å². The summed E-state index contributed by atoms with van der Waals surface area (Å²) in [5, 5.41) is 9.46. The van der Waals surface area contributed by atoms with Crippen LogP contribution in [0.1, 0.15) is 29.1 Å². The maximum Gasteiger partial charge on any atom is 0.471 e. The molecular formula is C16H18ClF3N4O2. The molecule has 142 valence electrons. The van der Waals surface area contributed by atoms with E-state index in [-0.39, 0.29) is 24.1 Å². The zero-order valence-electron chi connectivity index (χ0n) is 13.7. The van der Waals surface area contributed by atoms with Gasteiger partial charge in [-0.25, -0.2) is 0 Å². The van der Waals surface area contributed by atoms with E-state index in [1.807, 2.05) is 0 Å². The van der Waals surface area contributed by atoms with Gasteiger partial charge in [-0.1, -0.05) is 17.3 Å². The third-order valence-electron chi connectivity index (χ3n) is 4.08. The van der Waals surface area contributed by atoms with Crippen LogP contribution in [0.5, 0.6) is 0 Å². The molecule has 0 spiro atoms. The Morgan fingerprint density at radius 1 is 1.23 bits per heavy atom. The van der Waals surface area contributed by atoms with E-state index >= 15 is 0 Å². The predicted molar refractivity (Wildman–Crippen MR) is 89.9 cm³/mol. The summed E-state index contributed by atoms with van der Waals surface area (Å²) >= 11 is 0. The second-order valence-electron chi connectivity index (χ2n) is 5.90. The van der Waals surface area contributed by atoms with Gasteiger partial charge in [0.05, 0.1) is 0 Å². The molecule has 26 heavy (non-hydrogen) atoms. The molecule has 1 saturated heterocycles. The van der Waals surface area contributed by atoms with E-state index in [0.29, 0.717) is 23.6 Å². The van der Waals surface area contributed by atoms with Crippen molar-refractivity contribution in [2.75, 3.05) is 19.6 Å². The molecule has 1 aliphatic heterocycles. The van der Waals surface area contributed by atoms with Crippen LogP contribution < -0.4 is 10.6 Å². The number of carbonyl (C=O) groups excluding carboxylic acids is 1. The lowest BCUT2D eigenvalue weighted by Gasteiger charge is -2.22. The Balaban J connectivity index is 0.00000243. The minimum atomic E-state index is -4.68. The summed E-state index contributed by atoms with van der Waals surface area (Å²) in [4.78, 5) is 15.5. The van der Waals surface area contributed by atoms with Crippen molar-refractivity contribution in [1.29, 1.82) is 0 Å². The van der Waals surface area contributed by atoms with Gasteiger partial charge in [-0.05, 0) is 44.0 Å². The maximum absolute atomic E-state index is 12.5. The number of benzene rings is 1. The lowest BCUT2D eigenvalue weighted by molar-refractivity contribution is -0.159. The molecule has 10 heteroatoms. The molecule has 0 atom stereocenters. The molecule has 2 heterocycles. The summed E-state index contributed by atoms with van der Waals surface area (Å²) < 4.78 is 41.6. The van der Waals surface area contributed by atoms with Crippen LogP contribution >= 0.6 is 12.4 Å². The average molecular weight is 391 g/mol. The predicted octanol–water partition coefficient (Wildman–Crippen LogP) is 2.91. The molecule has 0 bridgehead atoms. The van der Waals surface area contributed by atoms with Gasteiger partial charge in [0.1, 0.15) is 0 Å². The highest BCUT2D eigenvalue weighted by molar-refractivity contribution is 5.94. The van der Waals surface area contributed by atoms with Crippen LogP contribution in [0.15, 0.2) is 28.8 Å². The number of alkyl halides is 3. The number of aromatic nitrogens is 2. The number of amides is 1. The smallest absolute Gasteiger partial charge is 0.352 e. The summed E-state index contributed by atoms with van der Waals surface area (Å²) in [7, 11) is 0. The van der Waals surface area contributed by atoms with Crippen molar-refractivity contribution in [2.24, 2.45) is 5.92 Å². The van der Waals surface area contributed by atoms with Crippen LogP contribution in [-0.2, 0) is 6.18 Å². The molecular weight excluding hydrogens is 373 g/mol. The fraction of sp³-hybridized carbons (Fsp3) is 0.438. The molecule has 3 rings (SSSR count). The van der Waals surface area contributed by atoms with Gasteiger partial charge in [-0.3, -0.25) is 4.79 Å². The molecule has 6 nitrogen and oxygen atoms in total. The third kappa shape index (κ3) is 4.95. The van der Waals surface area contributed by atoms with Crippen LogP contribution in [0, 0.1) is 5.92 Å². The van der Waals surface area contributed by atoms with Gasteiger partial charge in [-0.15, -0.1) is 12.4 Å². The number of nitrogens with one attached hydrogen (secondary N) is 2. The Morgan fingerprint density at radius 2 is 1.88 bits per heavy atom. The highest BCUT2D eigenvalue weighted by atomic mass is 35.5. The monoisotopic (exact) mass is 390 g/mol. The molecule has 1 amide bonds. The second kappa shape index (κ2) is 8.50. The zero-order chi connectivity index (χ0) is 17.9. The number of carbonyl (C=O) groups is 1. The van der Waals surface area contributed by atoms with Gasteiger partial charge in [0.25, 0.3) is 5.91 Å². The molecule has 0 saturated carbocycles. The van der Waals surface area contributed by atoms with Crippen molar-refractivity contribution < 1.29 is 22.5 Å². The highest BCUT2D eigenvalue weighted by Gasteiger charge is 2.38. The van der Waals surface area contributed by atoms with Crippen molar-refractivity contribution in [1.82, 2.24) is 20.8 Å². The summed E-state index contributed by atoms with van der Waals surface area (Å²) in [5.41, 5.74) is 0.770. The summed E-state index contributed by atoms with van der Waals surface area (Å²) in [5.74, 6) is -1.32. The largest absolute Gasteiger partial charge is 0.471 e. The molecule has 1 fully saturated rings. The van der Waals surface area contributed by atoms with E-state index in [0.717, 1.165) is 25.9 Å². The van der Waals surface area contributed by atoms with E-state index in [9.17, 15) is 18.0 Å². The first kappa shape index (κ1) is 20.2. The van der Waals surface area contributed by atoms with Crippen molar-refractivity contribution in [3.05, 3.63) is 35.7 Å². The molecule has 0 unspecified atom stereocenters. The fourth-order valence-corrected chi connectivity index (χ4v) is 2.65. The summed E-state index contributed by atoms with van der Waals surface area (Å²) in [6.07, 6.45) is -2.63. The SMILES string of the molecule is Cl.O=C(NCC1CCNCC1)c1ccc(-c2noc(C(F)(F)F)n2)cc1. The summed E-state index contributed by atoms with van der Waals surface area (Å²) in [6.45, 7) is 2.53. The first-order valence-electron chi connectivity index (χ1n) is 7.94. The Kier molecular flexibility index (Phi) is 6.60. The minimum Gasteiger partial charge on any atom is -0.352 e. The van der Waals surface area contributed by atoms with Gasteiger partial charge >= 0.3 is 12.1 Å². The van der Waals surface area contributed by atoms with Gasteiger partial charge in [0.15, 0.2) is 0 Å². The lowest BCUT2D eigenvalue weighted by Crippen LogP contribution is -2.35. The molecule has 0 aliphatic carbocycles. The second-order valence-corrected chi connectivity index (χ2v) is 5.90. The highest BCUT2D eigenvalue weighted by Crippen LogP contribution is 2.29. The van der Waals surface area contributed by atoms with E-state index in [1.54, 1.807) is 0 Å². The van der Waals surface area contributed by atoms with Crippen molar-refractivity contribution in [3.8, 4) is 11.4 Å². The van der Waals surface area contributed by atoms with Crippen molar-refractivity contribution in [3.63, 3.8) is 0 Å². The van der Waals surface area contributed by atoms with Crippen LogP contribution in [-0.4, -0.2) is 35.7 Å². The van der Waals surface area contributed by atoms with Gasteiger partial charge < -0.3 is 15.2 Å². The maximum atomic E-state index is 12.5. The average Bonchev–Trinajstić information content (AvgIpc) is 3.11. The Labute approximate surface area is 153 Å². The first-order chi connectivity index (χ1) is 11.9. The quantitative estimate of drug-likeness (QED) is 0.839. The van der Waals surface area contributed by atoms with E-state index in [4.69, 9.17) is 0 Å². The van der Waals surface area contributed by atoms with Gasteiger partial charge in [0, 0.05) is 17.7 Å². The Bertz CT molecular complexity index is 728. The number of piperidine rings is 1. The Morgan fingerprint density at radius 3 is 2.46 bits per heavy atom. The van der Waals surface area contributed by atoms with Crippen LogP contribution in [0.25, 0.3) is 11.4 Å². The lowest BCUT2D eigenvalue weighted by atomic mass is 9.98. The van der Waals surface area contributed by atoms with E-state index in [1.165, 1.54) is 24.3 Å². The number of rotatable bonds is 4. The topological polar surface area (TPSA) is 80.0 Å². The van der Waals surface area contributed by atoms with Crippen molar-refractivity contribution >= 4 is 18.3 Å². The fourth-order valence-electron chi connectivity index (χ4n) is 2.65. The molecule has 1 aliphatic rings. The zero-order valence-corrected chi connectivity index (χ0v) is 14.5. The standard InChI is InChI=1S/C16H17F3N4O2.ClH/c17-16(18,19)15-22-13(23-25-15)11-1-3-12(4-2-11)14(24)21-9-10-5-7-20-8-6-10;/h1-4,10,20H,5-9H2,(H,21,24);1H. The normalized spacial score (nSPS) is 15.3. The van der Waals surface area contributed by atoms with Crippen LogP contribution in [0.3, 0.4) is 0 Å². The Hall–Kier alpha value is -2.13. The minimum absolute atomic E-state index is 0. The van der Waals surface area contributed by atoms with E-state index < -0.39 is 12.1 Å². The number of hydrogen-bond donors (Lipinski definition) is 2. The molecule has 1 aromatic carbocycles. The molecule has 2 N–H and O–H groups in total. The first-order valence-corrected chi connectivity index (χ1v) is 7.94. The summed E-state index contributed by atoms with van der Waals surface area (Å²) in [6, 6.07) is 6.03. The molecule has 0 radical (unpaired) electrons. The van der Waals surface area contributed by atoms with Gasteiger partial charge in [0.2, 0.25) is 5.82 Å². The van der Waals surface area contributed by atoms with Crippen molar-refractivity contribution in [2.45, 2.75) is 19.0 Å². The van der Waals surface area contributed by atoms with E-state index in [2.05, 4.69) is 25.3 Å². The molecule has 1 aromatic heterocycles. The van der Waals surface area contributed by atoms with Crippen LogP contribution in [0.4, 0.5) is 13.2 Å².